The monoisotopic (exact) mass is 275 g/mol. The molecule has 1 aliphatic heterocycles. The Morgan fingerprint density at radius 2 is 2.05 bits per heavy atom. The minimum atomic E-state index is -0.250. The van der Waals surface area contributed by atoms with Crippen molar-refractivity contribution in [3.63, 3.8) is 0 Å². The van der Waals surface area contributed by atoms with E-state index in [9.17, 15) is 4.79 Å². The number of hydrogen-bond acceptors (Lipinski definition) is 6. The topological polar surface area (TPSA) is 86.5 Å². The molecule has 0 radical (unpaired) electrons. The zero-order valence-corrected chi connectivity index (χ0v) is 10.9. The third kappa shape index (κ3) is 2.71. The minimum absolute atomic E-state index is 0.102. The van der Waals surface area contributed by atoms with Gasteiger partial charge in [-0.05, 0) is 17.7 Å². The number of carbonyl (C=O) groups excluding carboxylic acids is 1. The highest BCUT2D eigenvalue weighted by Crippen LogP contribution is 2.31. The second-order valence-corrected chi connectivity index (χ2v) is 4.34. The molecule has 104 valence electrons. The van der Waals surface area contributed by atoms with Crippen molar-refractivity contribution >= 4 is 11.9 Å². The van der Waals surface area contributed by atoms with E-state index < -0.39 is 0 Å². The molecule has 1 N–H and O–H groups in total. The van der Waals surface area contributed by atoms with Crippen LogP contribution in [0.3, 0.4) is 0 Å². The number of benzene rings is 1. The largest absolute Gasteiger partial charge is 0.486 e. The van der Waals surface area contributed by atoms with Gasteiger partial charge in [-0.25, -0.2) is 0 Å². The molecule has 0 fully saturated rings. The van der Waals surface area contributed by atoms with E-state index in [-0.39, 0.29) is 11.9 Å². The Morgan fingerprint density at radius 3 is 2.85 bits per heavy atom. The Kier molecular flexibility index (Phi) is 3.24. The van der Waals surface area contributed by atoms with Crippen molar-refractivity contribution in [3.05, 3.63) is 29.7 Å². The Labute approximate surface area is 114 Å². The average molecular weight is 275 g/mol. The van der Waals surface area contributed by atoms with E-state index in [1.54, 1.807) is 0 Å². The van der Waals surface area contributed by atoms with Crippen molar-refractivity contribution in [2.75, 3.05) is 18.5 Å². The summed E-state index contributed by atoms with van der Waals surface area (Å²) in [5.41, 5.74) is 0.965. The highest BCUT2D eigenvalue weighted by molar-refractivity contribution is 5.86. The van der Waals surface area contributed by atoms with E-state index in [0.29, 0.717) is 25.5 Å². The first-order chi connectivity index (χ1) is 9.70. The number of fused-ring (bicyclic) bond motifs is 1. The van der Waals surface area contributed by atoms with Crippen LogP contribution in [0.25, 0.3) is 0 Å². The quantitative estimate of drug-likeness (QED) is 0.910. The fraction of sp³-hybridized carbons (Fsp3) is 0.308. The Morgan fingerprint density at radius 1 is 1.25 bits per heavy atom. The van der Waals surface area contributed by atoms with E-state index in [4.69, 9.17) is 13.9 Å². The molecular formula is C13H13N3O4. The summed E-state index contributed by atoms with van der Waals surface area (Å²) in [5, 5.41) is 10.0. The summed E-state index contributed by atoms with van der Waals surface area (Å²) >= 11 is 0. The molecule has 0 saturated heterocycles. The van der Waals surface area contributed by atoms with Gasteiger partial charge in [-0.15, -0.1) is 5.10 Å². The second kappa shape index (κ2) is 5.20. The van der Waals surface area contributed by atoms with E-state index >= 15 is 0 Å². The predicted octanol–water partition coefficient (Wildman–Crippen LogP) is 1.39. The normalized spacial score (nSPS) is 13.1. The molecule has 0 bridgehead atoms. The first-order valence-electron chi connectivity index (χ1n) is 6.19. The van der Waals surface area contributed by atoms with Gasteiger partial charge in [0, 0.05) is 6.92 Å². The lowest BCUT2D eigenvalue weighted by Crippen LogP contribution is -2.15. The number of anilines is 1. The van der Waals surface area contributed by atoms with E-state index in [0.717, 1.165) is 17.1 Å². The number of ether oxygens (including phenoxy) is 2. The molecule has 0 saturated carbocycles. The van der Waals surface area contributed by atoms with Crippen molar-refractivity contribution in [2.24, 2.45) is 0 Å². The molecule has 7 heteroatoms. The number of rotatable bonds is 3. The van der Waals surface area contributed by atoms with Crippen LogP contribution in [-0.2, 0) is 11.2 Å². The number of carbonyl (C=O) groups is 1. The van der Waals surface area contributed by atoms with Gasteiger partial charge in [0.2, 0.25) is 11.8 Å². The molecule has 1 aromatic carbocycles. The van der Waals surface area contributed by atoms with Crippen molar-refractivity contribution < 1.29 is 18.7 Å². The average Bonchev–Trinajstić information content (AvgIpc) is 2.85. The molecule has 0 atom stereocenters. The Bertz CT molecular complexity index is 638. The van der Waals surface area contributed by atoms with Crippen LogP contribution in [0.4, 0.5) is 6.01 Å². The summed E-state index contributed by atoms with van der Waals surface area (Å²) in [6, 6.07) is 5.76. The van der Waals surface area contributed by atoms with Gasteiger partial charge in [0.05, 0.1) is 6.42 Å². The van der Waals surface area contributed by atoms with Crippen LogP contribution in [0.5, 0.6) is 11.5 Å². The third-order valence-electron chi connectivity index (χ3n) is 2.71. The van der Waals surface area contributed by atoms with E-state index in [1.807, 2.05) is 18.2 Å². The van der Waals surface area contributed by atoms with Gasteiger partial charge in [0.25, 0.3) is 0 Å². The molecule has 1 amide bonds. The van der Waals surface area contributed by atoms with E-state index in [1.165, 1.54) is 6.92 Å². The first-order valence-corrected chi connectivity index (χ1v) is 6.19. The lowest BCUT2D eigenvalue weighted by Gasteiger charge is -2.18. The lowest BCUT2D eigenvalue weighted by molar-refractivity contribution is -0.114. The fourth-order valence-corrected chi connectivity index (χ4v) is 1.90. The summed E-state index contributed by atoms with van der Waals surface area (Å²) in [6.45, 7) is 2.49. The summed E-state index contributed by atoms with van der Waals surface area (Å²) in [7, 11) is 0. The summed E-state index contributed by atoms with van der Waals surface area (Å²) in [4.78, 5) is 10.9. The van der Waals surface area contributed by atoms with E-state index in [2.05, 4.69) is 15.5 Å². The molecule has 3 rings (SSSR count). The number of nitrogens with one attached hydrogen (secondary N) is 1. The summed E-state index contributed by atoms with van der Waals surface area (Å²) < 4.78 is 16.3. The number of amides is 1. The van der Waals surface area contributed by atoms with Gasteiger partial charge >= 0.3 is 6.01 Å². The van der Waals surface area contributed by atoms with Crippen LogP contribution in [0.2, 0.25) is 0 Å². The lowest BCUT2D eigenvalue weighted by atomic mass is 10.1. The predicted molar refractivity (Wildman–Crippen MR) is 68.8 cm³/mol. The molecule has 0 unspecified atom stereocenters. The standard InChI is InChI=1S/C13H13N3O4/c1-8(17)14-13-16-15-12(20-13)7-9-2-3-10-11(6-9)19-5-4-18-10/h2-3,6H,4-5,7H2,1H3,(H,14,16,17). The second-order valence-electron chi connectivity index (χ2n) is 4.34. The third-order valence-corrected chi connectivity index (χ3v) is 2.71. The van der Waals surface area contributed by atoms with Gasteiger partial charge in [0.15, 0.2) is 11.5 Å². The number of hydrogen-bond donors (Lipinski definition) is 1. The van der Waals surface area contributed by atoms with Gasteiger partial charge in [-0.2, -0.15) is 0 Å². The van der Waals surface area contributed by atoms with Crippen LogP contribution in [0.15, 0.2) is 22.6 Å². The SMILES string of the molecule is CC(=O)Nc1nnc(Cc2ccc3c(c2)OCCO3)o1. The maximum atomic E-state index is 10.9. The molecule has 7 nitrogen and oxygen atoms in total. The molecular weight excluding hydrogens is 262 g/mol. The minimum Gasteiger partial charge on any atom is -0.486 e. The number of nitrogens with zero attached hydrogens (tertiary/aromatic N) is 2. The van der Waals surface area contributed by atoms with Crippen molar-refractivity contribution in [1.29, 1.82) is 0 Å². The van der Waals surface area contributed by atoms with Gasteiger partial charge < -0.3 is 13.9 Å². The maximum Gasteiger partial charge on any atom is 0.322 e. The molecule has 1 aliphatic rings. The van der Waals surface area contributed by atoms with Gasteiger partial charge in [-0.3, -0.25) is 10.1 Å². The molecule has 0 spiro atoms. The Hall–Kier alpha value is -2.57. The van der Waals surface area contributed by atoms with Gasteiger partial charge in [-0.1, -0.05) is 11.2 Å². The molecule has 1 aromatic heterocycles. The molecule has 2 aromatic rings. The van der Waals surface area contributed by atoms with Crippen LogP contribution in [0.1, 0.15) is 18.4 Å². The molecule has 2 heterocycles. The highest BCUT2D eigenvalue weighted by Gasteiger charge is 2.13. The molecule has 20 heavy (non-hydrogen) atoms. The van der Waals surface area contributed by atoms with Crippen molar-refractivity contribution in [3.8, 4) is 11.5 Å². The summed E-state index contributed by atoms with van der Waals surface area (Å²) in [5.74, 6) is 1.63. The zero-order chi connectivity index (χ0) is 13.9. The van der Waals surface area contributed by atoms with Crippen LogP contribution in [0, 0.1) is 0 Å². The van der Waals surface area contributed by atoms with Crippen molar-refractivity contribution in [2.45, 2.75) is 13.3 Å². The van der Waals surface area contributed by atoms with Crippen LogP contribution >= 0.6 is 0 Å². The van der Waals surface area contributed by atoms with Crippen LogP contribution < -0.4 is 14.8 Å². The zero-order valence-electron chi connectivity index (χ0n) is 10.9. The van der Waals surface area contributed by atoms with Gasteiger partial charge in [0.1, 0.15) is 13.2 Å². The highest BCUT2D eigenvalue weighted by atomic mass is 16.6. The number of aromatic nitrogens is 2. The summed E-state index contributed by atoms with van der Waals surface area (Å²) in [6.07, 6.45) is 0.462. The Balaban J connectivity index is 1.74. The first kappa shape index (κ1) is 12.5. The van der Waals surface area contributed by atoms with Crippen LogP contribution in [-0.4, -0.2) is 29.3 Å². The smallest absolute Gasteiger partial charge is 0.322 e. The fourth-order valence-electron chi connectivity index (χ4n) is 1.90. The maximum absolute atomic E-state index is 10.9. The van der Waals surface area contributed by atoms with Crippen molar-refractivity contribution in [1.82, 2.24) is 10.2 Å². The molecule has 0 aliphatic carbocycles.